The van der Waals surface area contributed by atoms with Gasteiger partial charge in [0.15, 0.2) is 5.82 Å². The van der Waals surface area contributed by atoms with Crippen molar-refractivity contribution in [3.8, 4) is 0 Å². The summed E-state index contributed by atoms with van der Waals surface area (Å²) in [7, 11) is 1.75. The van der Waals surface area contributed by atoms with Crippen LogP contribution in [-0.2, 0) is 13.0 Å². The highest BCUT2D eigenvalue weighted by molar-refractivity contribution is 5.90. The second-order valence-corrected chi connectivity index (χ2v) is 8.35. The first-order valence-corrected chi connectivity index (χ1v) is 11.2. The summed E-state index contributed by atoms with van der Waals surface area (Å²) in [5, 5.41) is 3.84. The zero-order chi connectivity index (χ0) is 25.4. The molecule has 0 aliphatic carbocycles. The van der Waals surface area contributed by atoms with Gasteiger partial charge in [-0.3, -0.25) is 14.7 Å². The first kappa shape index (κ1) is 18.0. The summed E-state index contributed by atoms with van der Waals surface area (Å²) in [6.07, 6.45) is 4.23. The van der Waals surface area contributed by atoms with E-state index < -0.39 is 6.85 Å². The van der Waals surface area contributed by atoms with Crippen molar-refractivity contribution < 1.29 is 4.11 Å². The van der Waals surface area contributed by atoms with E-state index in [9.17, 15) is 4.79 Å². The lowest BCUT2D eigenvalue weighted by Gasteiger charge is -2.36. The lowest BCUT2D eigenvalue weighted by molar-refractivity contribution is 0.249. The Morgan fingerprint density at radius 3 is 2.79 bits per heavy atom. The van der Waals surface area contributed by atoms with Gasteiger partial charge in [0.2, 0.25) is 0 Å². The van der Waals surface area contributed by atoms with Crippen LogP contribution in [0.25, 0.3) is 21.9 Å². The Kier molecular flexibility index (Phi) is 4.78. The first-order valence-electron chi connectivity index (χ1n) is 12.7. The highest BCUT2D eigenvalue weighted by Gasteiger charge is 2.20. The van der Waals surface area contributed by atoms with Crippen molar-refractivity contribution in [3.63, 3.8) is 0 Å². The Hall–Kier alpha value is -3.52. The average Bonchev–Trinajstić information content (AvgIpc) is 2.87. The minimum Gasteiger partial charge on any atom is -0.371 e. The summed E-state index contributed by atoms with van der Waals surface area (Å²) in [6.45, 7) is 3.20. The molecular formula is C25H29N7O. The molecule has 8 nitrogen and oxygen atoms in total. The van der Waals surface area contributed by atoms with Gasteiger partial charge in [0.05, 0.1) is 22.4 Å². The van der Waals surface area contributed by atoms with E-state index >= 15 is 0 Å². The number of aromatic nitrogens is 4. The Morgan fingerprint density at radius 2 is 2.03 bits per heavy atom. The van der Waals surface area contributed by atoms with E-state index in [1.54, 1.807) is 13.2 Å². The summed E-state index contributed by atoms with van der Waals surface area (Å²) >= 11 is 0. The highest BCUT2D eigenvalue weighted by Crippen LogP contribution is 2.28. The molecule has 0 bridgehead atoms. The molecule has 0 radical (unpaired) electrons. The van der Waals surface area contributed by atoms with Crippen LogP contribution >= 0.6 is 0 Å². The summed E-state index contributed by atoms with van der Waals surface area (Å²) < 4.78 is 24.3. The molecule has 0 amide bonds. The van der Waals surface area contributed by atoms with Crippen LogP contribution in [0, 0.1) is 6.85 Å². The van der Waals surface area contributed by atoms with Crippen molar-refractivity contribution in [1.29, 1.82) is 0 Å². The number of pyridine rings is 4. The van der Waals surface area contributed by atoms with E-state index in [2.05, 4.69) is 35.1 Å². The van der Waals surface area contributed by atoms with Crippen molar-refractivity contribution in [1.82, 2.24) is 24.8 Å². The Labute approximate surface area is 196 Å². The monoisotopic (exact) mass is 446 g/mol. The fourth-order valence-electron chi connectivity index (χ4n) is 4.43. The van der Waals surface area contributed by atoms with Crippen LogP contribution in [0.15, 0.2) is 41.5 Å². The highest BCUT2D eigenvalue weighted by atomic mass is 16.1. The lowest BCUT2D eigenvalue weighted by Crippen LogP contribution is -2.46. The van der Waals surface area contributed by atoms with Crippen LogP contribution in [0.1, 0.15) is 27.9 Å². The summed E-state index contributed by atoms with van der Waals surface area (Å²) in [6, 6.07) is 7.61. The van der Waals surface area contributed by atoms with Gasteiger partial charge in [-0.25, -0.2) is 9.97 Å². The number of aromatic amines is 1. The molecule has 0 aromatic carbocycles. The number of rotatable bonds is 5. The molecule has 8 heteroatoms. The van der Waals surface area contributed by atoms with E-state index in [4.69, 9.17) is 4.11 Å². The Morgan fingerprint density at radius 1 is 1.18 bits per heavy atom. The number of aryl methyl sites for hydroxylation is 2. The normalized spacial score (nSPS) is 16.5. The molecule has 5 heterocycles. The van der Waals surface area contributed by atoms with Crippen LogP contribution in [-0.4, -0.2) is 58.1 Å². The maximum absolute atomic E-state index is 12.2. The third kappa shape index (κ3) is 4.14. The summed E-state index contributed by atoms with van der Waals surface area (Å²) in [4.78, 5) is 32.9. The van der Waals surface area contributed by atoms with Crippen molar-refractivity contribution in [2.75, 3.05) is 43.4 Å². The predicted molar refractivity (Wildman–Crippen MR) is 133 cm³/mol. The van der Waals surface area contributed by atoms with Crippen molar-refractivity contribution >= 4 is 33.4 Å². The molecule has 0 atom stereocenters. The lowest BCUT2D eigenvalue weighted by atomic mass is 10.1. The van der Waals surface area contributed by atoms with E-state index in [0.717, 1.165) is 40.6 Å². The fraction of sp³-hybridized carbons (Fsp3) is 0.360. The zero-order valence-corrected chi connectivity index (χ0v) is 18.9. The third-order valence-electron chi connectivity index (χ3n) is 6.28. The molecule has 0 spiro atoms. The second kappa shape index (κ2) is 8.78. The van der Waals surface area contributed by atoms with Gasteiger partial charge in [0.1, 0.15) is 5.52 Å². The van der Waals surface area contributed by atoms with Crippen LogP contribution in [0.5, 0.6) is 0 Å². The molecule has 33 heavy (non-hydrogen) atoms. The van der Waals surface area contributed by atoms with Crippen molar-refractivity contribution in [2.45, 2.75) is 26.7 Å². The number of anilines is 2. The average molecular weight is 447 g/mol. The van der Waals surface area contributed by atoms with Crippen LogP contribution in [0.4, 0.5) is 11.5 Å². The van der Waals surface area contributed by atoms with Crippen molar-refractivity contribution in [2.24, 2.45) is 0 Å². The Bertz CT molecular complexity index is 1480. The smallest absolute Gasteiger partial charge is 0.251 e. The molecular weight excluding hydrogens is 414 g/mol. The van der Waals surface area contributed by atoms with Gasteiger partial charge in [-0.05, 0) is 43.1 Å². The van der Waals surface area contributed by atoms with Crippen molar-refractivity contribution in [3.05, 3.63) is 63.8 Å². The molecule has 0 saturated carbocycles. The Balaban J connectivity index is 1.35. The van der Waals surface area contributed by atoms with Gasteiger partial charge < -0.3 is 15.2 Å². The van der Waals surface area contributed by atoms with Crippen LogP contribution < -0.4 is 15.8 Å². The maximum Gasteiger partial charge on any atom is 0.251 e. The van der Waals surface area contributed by atoms with E-state index in [0.29, 0.717) is 43.1 Å². The predicted octanol–water partition coefficient (Wildman–Crippen LogP) is 3.10. The quantitative estimate of drug-likeness (QED) is 0.487. The minimum absolute atomic E-state index is 0.0655. The molecule has 5 rings (SSSR count). The van der Waals surface area contributed by atoms with E-state index in [-0.39, 0.29) is 11.3 Å². The van der Waals surface area contributed by atoms with E-state index in [1.807, 2.05) is 37.4 Å². The van der Waals surface area contributed by atoms with Gasteiger partial charge in [0.25, 0.3) is 5.56 Å². The van der Waals surface area contributed by atoms with Gasteiger partial charge in [0, 0.05) is 67.2 Å². The van der Waals surface area contributed by atoms with Gasteiger partial charge in [-0.1, -0.05) is 6.92 Å². The summed E-state index contributed by atoms with van der Waals surface area (Å²) in [5.74, 6) is 0.561. The summed E-state index contributed by atoms with van der Waals surface area (Å²) in [5.41, 5.74) is 4.53. The molecule has 1 aliphatic rings. The van der Waals surface area contributed by atoms with Crippen LogP contribution in [0.3, 0.4) is 0 Å². The largest absolute Gasteiger partial charge is 0.371 e. The van der Waals surface area contributed by atoms with Gasteiger partial charge in [-0.2, -0.15) is 0 Å². The number of H-pyrrole nitrogens is 1. The number of nitrogens with one attached hydrogen (secondary N) is 2. The number of fused-ring (bicyclic) bond motifs is 2. The van der Waals surface area contributed by atoms with Gasteiger partial charge in [-0.15, -0.1) is 0 Å². The topological polar surface area (TPSA) is 90.0 Å². The fourth-order valence-corrected chi connectivity index (χ4v) is 4.43. The second-order valence-electron chi connectivity index (χ2n) is 8.35. The van der Waals surface area contributed by atoms with Crippen LogP contribution in [0.2, 0.25) is 0 Å². The molecule has 1 fully saturated rings. The molecule has 170 valence electrons. The SMILES string of the molecule is [2H]C([2H])([2H])c1nc2c(NC)nccc2cc1N1CCN(Cc2cnc3cc(CC)c(=O)[nH]c3c2)CC1. The molecule has 0 unspecified atom stereocenters. The minimum atomic E-state index is -2.34. The molecule has 2 N–H and O–H groups in total. The van der Waals surface area contributed by atoms with Gasteiger partial charge >= 0.3 is 0 Å². The van der Waals surface area contributed by atoms with E-state index in [1.165, 1.54) is 0 Å². The maximum atomic E-state index is 12.2. The number of piperazine rings is 1. The molecule has 1 aliphatic heterocycles. The molecule has 4 aromatic heterocycles. The number of hydrogen-bond acceptors (Lipinski definition) is 7. The standard InChI is InChI=1S/C25H29N7O/c1-4-18-12-20-21(30-25(18)33)11-17(14-28-20)15-31-7-9-32(10-8-31)22-13-19-5-6-27-24(26-3)23(19)29-16(22)2/h5-6,11-14H,4,7-10,15H2,1-3H3,(H,26,27)(H,30,33)/i2D3. The first-order chi connectivity index (χ1) is 17.3. The number of nitrogens with zero attached hydrogens (tertiary/aromatic N) is 5. The number of hydrogen-bond donors (Lipinski definition) is 2. The molecule has 1 saturated heterocycles. The molecule has 4 aromatic rings. The third-order valence-corrected chi connectivity index (χ3v) is 6.28. The zero-order valence-electron chi connectivity index (χ0n) is 21.9.